The van der Waals surface area contributed by atoms with Gasteiger partial charge in [0.1, 0.15) is 5.69 Å². The van der Waals surface area contributed by atoms with Crippen molar-refractivity contribution in [1.82, 2.24) is 9.38 Å². The Morgan fingerprint density at radius 2 is 2.14 bits per heavy atom. The summed E-state index contributed by atoms with van der Waals surface area (Å²) >= 11 is 1.72. The van der Waals surface area contributed by atoms with E-state index in [1.807, 2.05) is 30.7 Å². The van der Waals surface area contributed by atoms with E-state index >= 15 is 0 Å². The Morgan fingerprint density at radius 3 is 3.00 bits per heavy atom. The highest BCUT2D eigenvalue weighted by Crippen LogP contribution is 2.26. The molecule has 0 saturated carbocycles. The van der Waals surface area contributed by atoms with Crippen molar-refractivity contribution in [1.29, 1.82) is 0 Å². The van der Waals surface area contributed by atoms with Crippen LogP contribution < -0.4 is 0 Å². The predicted molar refractivity (Wildman–Crippen MR) is 58.5 cm³/mol. The smallest absolute Gasteiger partial charge is 0.104 e. The van der Waals surface area contributed by atoms with E-state index in [9.17, 15) is 0 Å². The molecule has 0 aromatic carbocycles. The van der Waals surface area contributed by atoms with Gasteiger partial charge in [-0.1, -0.05) is 6.07 Å². The van der Waals surface area contributed by atoms with Crippen LogP contribution in [0.5, 0.6) is 0 Å². The Kier molecular flexibility index (Phi) is 1.64. The average molecular weight is 200 g/mol. The van der Waals surface area contributed by atoms with Crippen LogP contribution in [0, 0.1) is 0 Å². The molecule has 3 rings (SSSR count). The van der Waals surface area contributed by atoms with Gasteiger partial charge in [-0.3, -0.25) is 4.98 Å². The van der Waals surface area contributed by atoms with E-state index in [0.717, 1.165) is 11.2 Å². The molecule has 0 amide bonds. The second kappa shape index (κ2) is 2.96. The molecular formula is C11H8N2S. The van der Waals surface area contributed by atoms with Gasteiger partial charge in [-0.25, -0.2) is 0 Å². The summed E-state index contributed by atoms with van der Waals surface area (Å²) in [7, 11) is 0. The summed E-state index contributed by atoms with van der Waals surface area (Å²) in [5.74, 6) is 0. The van der Waals surface area contributed by atoms with Crippen LogP contribution in [0.1, 0.15) is 0 Å². The van der Waals surface area contributed by atoms with Gasteiger partial charge in [-0.15, -0.1) is 11.3 Å². The van der Waals surface area contributed by atoms with Crippen LogP contribution in [0.15, 0.2) is 48.2 Å². The van der Waals surface area contributed by atoms with Crippen LogP contribution in [-0.2, 0) is 0 Å². The molecule has 0 aliphatic carbocycles. The largest absolute Gasteiger partial charge is 0.320 e. The summed E-state index contributed by atoms with van der Waals surface area (Å²) in [5.41, 5.74) is 2.22. The SMILES string of the molecule is c1csc(-c2nccn3cccc23)c1. The van der Waals surface area contributed by atoms with Gasteiger partial charge in [-0.2, -0.15) is 0 Å². The predicted octanol–water partition coefficient (Wildman–Crippen LogP) is 3.06. The highest BCUT2D eigenvalue weighted by molar-refractivity contribution is 7.13. The number of hydrogen-bond donors (Lipinski definition) is 0. The average Bonchev–Trinajstić information content (AvgIpc) is 2.88. The summed E-state index contributed by atoms with van der Waals surface area (Å²) in [6.45, 7) is 0. The zero-order valence-corrected chi connectivity index (χ0v) is 8.24. The molecule has 3 heteroatoms. The van der Waals surface area contributed by atoms with Crippen molar-refractivity contribution in [3.8, 4) is 10.6 Å². The maximum Gasteiger partial charge on any atom is 0.104 e. The lowest BCUT2D eigenvalue weighted by atomic mass is 10.3. The molecule has 14 heavy (non-hydrogen) atoms. The molecule has 3 aromatic heterocycles. The third-order valence-electron chi connectivity index (χ3n) is 2.21. The third kappa shape index (κ3) is 1.06. The topological polar surface area (TPSA) is 17.3 Å². The number of hydrogen-bond acceptors (Lipinski definition) is 2. The molecule has 68 valence electrons. The lowest BCUT2D eigenvalue weighted by Gasteiger charge is -1.99. The quantitative estimate of drug-likeness (QED) is 0.590. The van der Waals surface area contributed by atoms with E-state index < -0.39 is 0 Å². The van der Waals surface area contributed by atoms with Gasteiger partial charge in [-0.05, 0) is 23.6 Å². The maximum atomic E-state index is 4.41. The van der Waals surface area contributed by atoms with Crippen molar-refractivity contribution in [2.24, 2.45) is 0 Å². The van der Waals surface area contributed by atoms with Gasteiger partial charge in [0.05, 0.1) is 10.4 Å². The van der Waals surface area contributed by atoms with E-state index in [-0.39, 0.29) is 0 Å². The Bertz CT molecular complexity index is 551. The number of nitrogens with zero attached hydrogens (tertiary/aromatic N) is 2. The minimum Gasteiger partial charge on any atom is -0.320 e. The summed E-state index contributed by atoms with van der Waals surface area (Å²) in [6, 6.07) is 8.27. The van der Waals surface area contributed by atoms with Gasteiger partial charge in [0.25, 0.3) is 0 Å². The fourth-order valence-corrected chi connectivity index (χ4v) is 2.30. The lowest BCUT2D eigenvalue weighted by Crippen LogP contribution is -1.87. The number of thiophene rings is 1. The van der Waals surface area contributed by atoms with Crippen molar-refractivity contribution >= 4 is 16.9 Å². The molecule has 0 aliphatic heterocycles. The molecule has 0 atom stereocenters. The van der Waals surface area contributed by atoms with Crippen LogP contribution in [0.4, 0.5) is 0 Å². The molecule has 3 heterocycles. The number of fused-ring (bicyclic) bond motifs is 1. The molecule has 0 N–H and O–H groups in total. The molecule has 0 spiro atoms. The normalized spacial score (nSPS) is 10.9. The first-order valence-corrected chi connectivity index (χ1v) is 5.29. The van der Waals surface area contributed by atoms with Crippen LogP contribution in [-0.4, -0.2) is 9.38 Å². The molecule has 0 aliphatic rings. The summed E-state index contributed by atoms with van der Waals surface area (Å²) in [5, 5.41) is 2.07. The van der Waals surface area contributed by atoms with Gasteiger partial charge in [0.15, 0.2) is 0 Å². The molecule has 2 nitrogen and oxygen atoms in total. The minimum absolute atomic E-state index is 1.06. The van der Waals surface area contributed by atoms with Gasteiger partial charge >= 0.3 is 0 Å². The highest BCUT2D eigenvalue weighted by Gasteiger charge is 2.04. The first-order chi connectivity index (χ1) is 6.95. The van der Waals surface area contributed by atoms with E-state index in [1.165, 1.54) is 4.88 Å². The Labute approximate surface area is 85.5 Å². The van der Waals surface area contributed by atoms with Crippen LogP contribution in [0.25, 0.3) is 16.1 Å². The number of aromatic nitrogens is 2. The third-order valence-corrected chi connectivity index (χ3v) is 3.08. The van der Waals surface area contributed by atoms with Gasteiger partial charge in [0, 0.05) is 18.6 Å². The maximum absolute atomic E-state index is 4.41. The van der Waals surface area contributed by atoms with E-state index in [2.05, 4.69) is 26.9 Å². The second-order valence-corrected chi connectivity index (χ2v) is 4.00. The van der Waals surface area contributed by atoms with E-state index in [0.29, 0.717) is 0 Å². The number of rotatable bonds is 1. The van der Waals surface area contributed by atoms with Crippen molar-refractivity contribution in [3.05, 3.63) is 48.2 Å². The summed E-state index contributed by atoms with van der Waals surface area (Å²) in [4.78, 5) is 5.63. The Hall–Kier alpha value is -1.61. The van der Waals surface area contributed by atoms with Crippen molar-refractivity contribution in [3.63, 3.8) is 0 Å². The van der Waals surface area contributed by atoms with Crippen molar-refractivity contribution < 1.29 is 0 Å². The fourth-order valence-electron chi connectivity index (χ4n) is 1.57. The molecule has 0 unspecified atom stereocenters. The molecule has 0 radical (unpaired) electrons. The molecule has 0 saturated heterocycles. The van der Waals surface area contributed by atoms with Crippen LogP contribution >= 0.6 is 11.3 Å². The monoisotopic (exact) mass is 200 g/mol. The molecule has 0 bridgehead atoms. The zero-order chi connectivity index (χ0) is 9.38. The second-order valence-electron chi connectivity index (χ2n) is 3.05. The first-order valence-electron chi connectivity index (χ1n) is 4.41. The van der Waals surface area contributed by atoms with E-state index in [1.54, 1.807) is 11.3 Å². The summed E-state index contributed by atoms with van der Waals surface area (Å²) < 4.78 is 2.09. The first kappa shape index (κ1) is 7.76. The van der Waals surface area contributed by atoms with Crippen molar-refractivity contribution in [2.45, 2.75) is 0 Å². The standard InChI is InChI=1S/C11H8N2S/c1-3-9-11(10-4-2-8-14-10)12-5-7-13(9)6-1/h1-8H. The van der Waals surface area contributed by atoms with Crippen LogP contribution in [0.3, 0.4) is 0 Å². The van der Waals surface area contributed by atoms with Gasteiger partial charge < -0.3 is 4.40 Å². The highest BCUT2D eigenvalue weighted by atomic mass is 32.1. The van der Waals surface area contributed by atoms with E-state index in [4.69, 9.17) is 0 Å². The Morgan fingerprint density at radius 1 is 1.14 bits per heavy atom. The molecular weight excluding hydrogens is 192 g/mol. The summed E-state index contributed by atoms with van der Waals surface area (Å²) in [6.07, 6.45) is 5.84. The van der Waals surface area contributed by atoms with Crippen LogP contribution in [0.2, 0.25) is 0 Å². The molecule has 3 aromatic rings. The lowest BCUT2D eigenvalue weighted by molar-refractivity contribution is 1.15. The van der Waals surface area contributed by atoms with Gasteiger partial charge in [0.2, 0.25) is 0 Å². The zero-order valence-electron chi connectivity index (χ0n) is 7.42. The van der Waals surface area contributed by atoms with Crippen molar-refractivity contribution in [2.75, 3.05) is 0 Å². The minimum atomic E-state index is 1.06. The Balaban J connectivity index is 2.36. The molecule has 0 fully saturated rings. The fraction of sp³-hybridized carbons (Fsp3) is 0.